The molecule has 0 aromatic heterocycles. The van der Waals surface area contributed by atoms with Crippen LogP contribution in [-0.4, -0.2) is 45.4 Å². The van der Waals surface area contributed by atoms with E-state index in [1.807, 2.05) is 0 Å². The van der Waals surface area contributed by atoms with E-state index in [0.29, 0.717) is 31.0 Å². The quantitative estimate of drug-likeness (QED) is 0.721. The van der Waals surface area contributed by atoms with Crippen molar-refractivity contribution < 1.29 is 8.42 Å². The minimum atomic E-state index is -3.25. The van der Waals surface area contributed by atoms with Gasteiger partial charge in [0.15, 0.2) is 0 Å². The molecular formula is C10H21N3O2S. The van der Waals surface area contributed by atoms with E-state index < -0.39 is 10.2 Å². The zero-order valence-electron chi connectivity index (χ0n) is 9.99. The first kappa shape index (κ1) is 12.3. The number of piperazine rings is 1. The van der Waals surface area contributed by atoms with Gasteiger partial charge in [0.05, 0.1) is 0 Å². The molecule has 1 saturated heterocycles. The van der Waals surface area contributed by atoms with E-state index in [4.69, 9.17) is 0 Å². The van der Waals surface area contributed by atoms with Gasteiger partial charge in [0.25, 0.3) is 10.2 Å². The van der Waals surface area contributed by atoms with Crippen LogP contribution >= 0.6 is 0 Å². The zero-order chi connectivity index (χ0) is 11.8. The Labute approximate surface area is 97.8 Å². The van der Waals surface area contributed by atoms with Gasteiger partial charge >= 0.3 is 0 Å². The second-order valence-corrected chi connectivity index (χ2v) is 7.15. The maximum absolute atomic E-state index is 11.9. The third-order valence-electron chi connectivity index (χ3n) is 3.65. The van der Waals surface area contributed by atoms with Crippen LogP contribution in [0.1, 0.15) is 20.3 Å². The summed E-state index contributed by atoms with van der Waals surface area (Å²) in [5.74, 6) is 0.505. The van der Waals surface area contributed by atoms with E-state index in [9.17, 15) is 8.42 Å². The van der Waals surface area contributed by atoms with Crippen molar-refractivity contribution in [1.82, 2.24) is 14.3 Å². The summed E-state index contributed by atoms with van der Waals surface area (Å²) in [5, 5.41) is 3.14. The summed E-state index contributed by atoms with van der Waals surface area (Å²) in [4.78, 5) is 0. The van der Waals surface area contributed by atoms with Gasteiger partial charge in [0, 0.05) is 32.7 Å². The first-order chi connectivity index (χ1) is 7.42. The molecule has 1 aliphatic carbocycles. The summed E-state index contributed by atoms with van der Waals surface area (Å²) in [6.07, 6.45) is 1.12. The molecule has 1 heterocycles. The highest BCUT2D eigenvalue weighted by atomic mass is 32.2. The highest BCUT2D eigenvalue weighted by Crippen LogP contribution is 2.51. The second-order valence-electron chi connectivity index (χ2n) is 5.39. The van der Waals surface area contributed by atoms with E-state index in [1.54, 1.807) is 0 Å². The van der Waals surface area contributed by atoms with Crippen LogP contribution in [0.15, 0.2) is 0 Å². The monoisotopic (exact) mass is 247 g/mol. The first-order valence-corrected chi connectivity index (χ1v) is 7.31. The molecule has 5 nitrogen and oxygen atoms in total. The molecule has 0 amide bonds. The summed E-state index contributed by atoms with van der Waals surface area (Å²) >= 11 is 0. The molecule has 2 fully saturated rings. The van der Waals surface area contributed by atoms with Crippen molar-refractivity contribution in [3.63, 3.8) is 0 Å². The Morgan fingerprint density at radius 2 is 1.94 bits per heavy atom. The standard InChI is InChI=1S/C10H21N3O2S/c1-10(2)7-9(10)8-12-16(14,15)13-5-3-11-4-6-13/h9,11-12H,3-8H2,1-2H3. The van der Waals surface area contributed by atoms with Crippen LogP contribution in [0.3, 0.4) is 0 Å². The minimum absolute atomic E-state index is 0.325. The van der Waals surface area contributed by atoms with Crippen molar-refractivity contribution in [2.75, 3.05) is 32.7 Å². The van der Waals surface area contributed by atoms with Crippen molar-refractivity contribution in [2.24, 2.45) is 11.3 Å². The van der Waals surface area contributed by atoms with Gasteiger partial charge in [-0.15, -0.1) is 0 Å². The van der Waals surface area contributed by atoms with Gasteiger partial charge < -0.3 is 5.32 Å². The van der Waals surface area contributed by atoms with Gasteiger partial charge in [0.2, 0.25) is 0 Å². The third kappa shape index (κ3) is 2.74. The Bertz CT molecular complexity index is 347. The molecule has 1 aliphatic heterocycles. The van der Waals surface area contributed by atoms with Crippen LogP contribution in [-0.2, 0) is 10.2 Å². The number of rotatable bonds is 4. The molecule has 1 unspecified atom stereocenters. The molecule has 0 aromatic rings. The molecule has 0 radical (unpaired) electrons. The molecule has 2 N–H and O–H groups in total. The highest BCUT2D eigenvalue weighted by molar-refractivity contribution is 7.87. The molecule has 1 atom stereocenters. The van der Waals surface area contributed by atoms with Crippen LogP contribution in [0.2, 0.25) is 0 Å². The zero-order valence-corrected chi connectivity index (χ0v) is 10.8. The van der Waals surface area contributed by atoms with E-state index in [2.05, 4.69) is 23.9 Å². The summed E-state index contributed by atoms with van der Waals surface area (Å²) in [6, 6.07) is 0. The maximum atomic E-state index is 11.9. The predicted molar refractivity (Wildman–Crippen MR) is 63.3 cm³/mol. The maximum Gasteiger partial charge on any atom is 0.279 e. The van der Waals surface area contributed by atoms with Crippen LogP contribution < -0.4 is 10.0 Å². The lowest BCUT2D eigenvalue weighted by Gasteiger charge is -2.26. The molecule has 6 heteroatoms. The third-order valence-corrected chi connectivity index (χ3v) is 5.22. The Balaban J connectivity index is 1.83. The van der Waals surface area contributed by atoms with Gasteiger partial charge in [-0.05, 0) is 17.8 Å². The van der Waals surface area contributed by atoms with Gasteiger partial charge in [-0.2, -0.15) is 12.7 Å². The van der Waals surface area contributed by atoms with Crippen molar-refractivity contribution >= 4 is 10.2 Å². The normalized spacial score (nSPS) is 30.2. The summed E-state index contributed by atoms with van der Waals surface area (Å²) < 4.78 is 28.1. The summed E-state index contributed by atoms with van der Waals surface area (Å²) in [5.41, 5.74) is 0.325. The average Bonchev–Trinajstić information content (AvgIpc) is 2.85. The van der Waals surface area contributed by atoms with Crippen LogP contribution in [0.4, 0.5) is 0 Å². The van der Waals surface area contributed by atoms with Crippen molar-refractivity contribution in [1.29, 1.82) is 0 Å². The van der Waals surface area contributed by atoms with Crippen molar-refractivity contribution in [2.45, 2.75) is 20.3 Å². The lowest BCUT2D eigenvalue weighted by Crippen LogP contribution is -2.50. The van der Waals surface area contributed by atoms with Gasteiger partial charge in [-0.3, -0.25) is 0 Å². The average molecular weight is 247 g/mol. The molecule has 0 bridgehead atoms. The van der Waals surface area contributed by atoms with E-state index in [1.165, 1.54) is 4.31 Å². The van der Waals surface area contributed by atoms with Crippen molar-refractivity contribution in [3.8, 4) is 0 Å². The molecule has 16 heavy (non-hydrogen) atoms. The molecule has 0 spiro atoms. The first-order valence-electron chi connectivity index (χ1n) is 5.87. The predicted octanol–water partition coefficient (Wildman–Crippen LogP) is -0.228. The lowest BCUT2D eigenvalue weighted by atomic mass is 10.1. The Hall–Kier alpha value is -0.170. The van der Waals surface area contributed by atoms with Crippen LogP contribution in [0.5, 0.6) is 0 Å². The lowest BCUT2D eigenvalue weighted by molar-refractivity contribution is 0.353. The Morgan fingerprint density at radius 1 is 1.38 bits per heavy atom. The number of hydrogen-bond acceptors (Lipinski definition) is 3. The fourth-order valence-electron chi connectivity index (χ4n) is 2.11. The van der Waals surface area contributed by atoms with E-state index >= 15 is 0 Å². The smallest absolute Gasteiger partial charge is 0.279 e. The van der Waals surface area contributed by atoms with E-state index in [0.717, 1.165) is 19.5 Å². The number of hydrogen-bond donors (Lipinski definition) is 2. The fraction of sp³-hybridized carbons (Fsp3) is 1.00. The molecule has 2 rings (SSSR count). The van der Waals surface area contributed by atoms with Gasteiger partial charge in [-0.1, -0.05) is 13.8 Å². The topological polar surface area (TPSA) is 61.4 Å². The molecule has 94 valence electrons. The Morgan fingerprint density at radius 3 is 2.44 bits per heavy atom. The van der Waals surface area contributed by atoms with Gasteiger partial charge in [0.1, 0.15) is 0 Å². The number of nitrogens with zero attached hydrogens (tertiary/aromatic N) is 1. The van der Waals surface area contributed by atoms with Crippen LogP contribution in [0, 0.1) is 11.3 Å². The Kier molecular flexibility index (Phi) is 3.27. The van der Waals surface area contributed by atoms with E-state index in [-0.39, 0.29) is 0 Å². The molecule has 0 aromatic carbocycles. The largest absolute Gasteiger partial charge is 0.314 e. The second kappa shape index (κ2) is 4.25. The molecular weight excluding hydrogens is 226 g/mol. The highest BCUT2D eigenvalue weighted by Gasteiger charge is 2.45. The van der Waals surface area contributed by atoms with Gasteiger partial charge in [-0.25, -0.2) is 4.72 Å². The minimum Gasteiger partial charge on any atom is -0.314 e. The fourth-order valence-corrected chi connectivity index (χ4v) is 3.36. The SMILES string of the molecule is CC1(C)CC1CNS(=O)(=O)N1CCNCC1. The van der Waals surface area contributed by atoms with Crippen molar-refractivity contribution in [3.05, 3.63) is 0 Å². The number of nitrogens with one attached hydrogen (secondary N) is 2. The van der Waals surface area contributed by atoms with Crippen LogP contribution in [0.25, 0.3) is 0 Å². The molecule has 1 saturated carbocycles. The summed E-state index contributed by atoms with van der Waals surface area (Å²) in [6.45, 7) is 7.57. The summed E-state index contributed by atoms with van der Waals surface area (Å²) in [7, 11) is -3.25. The molecule has 2 aliphatic rings.